The quantitative estimate of drug-likeness (QED) is 0.458. The summed E-state index contributed by atoms with van der Waals surface area (Å²) in [7, 11) is 0. The Balaban J connectivity index is 3.48. The smallest absolute Gasteiger partial charge is 0.107 e. The zero-order chi connectivity index (χ0) is 10.1. The van der Waals surface area contributed by atoms with Crippen LogP contribution in [0.25, 0.3) is 0 Å². The van der Waals surface area contributed by atoms with Crippen molar-refractivity contribution in [2.75, 3.05) is 32.8 Å². The summed E-state index contributed by atoms with van der Waals surface area (Å²) in [5.74, 6) is 2.36. The van der Waals surface area contributed by atoms with Gasteiger partial charge in [0.05, 0.1) is 12.7 Å². The number of ether oxygens (including phenoxy) is 1. The molecule has 0 aliphatic heterocycles. The molecule has 3 nitrogen and oxygen atoms in total. The molecule has 0 amide bonds. The maximum absolute atomic E-state index is 9.47. The second-order valence-corrected chi connectivity index (χ2v) is 2.86. The first-order valence-corrected chi connectivity index (χ1v) is 4.66. The van der Waals surface area contributed by atoms with Gasteiger partial charge in [-0.1, -0.05) is 19.8 Å². The van der Waals surface area contributed by atoms with Gasteiger partial charge in [-0.15, -0.1) is 6.42 Å². The minimum absolute atomic E-state index is 0.273. The highest BCUT2D eigenvalue weighted by molar-refractivity contribution is 4.83. The summed E-state index contributed by atoms with van der Waals surface area (Å²) in [4.78, 5) is 2.14. The van der Waals surface area contributed by atoms with Crippen molar-refractivity contribution in [3.05, 3.63) is 0 Å². The van der Waals surface area contributed by atoms with Crippen LogP contribution in [0.3, 0.4) is 0 Å². The van der Waals surface area contributed by atoms with Gasteiger partial charge in [0, 0.05) is 6.54 Å². The highest BCUT2D eigenvalue weighted by atomic mass is 16.5. The van der Waals surface area contributed by atoms with E-state index in [1.165, 1.54) is 0 Å². The molecule has 0 aliphatic carbocycles. The summed E-state index contributed by atoms with van der Waals surface area (Å²) in [6.07, 6.45) is 4.56. The number of hydrogen-bond acceptors (Lipinski definition) is 3. The number of terminal acetylenes is 1. The van der Waals surface area contributed by atoms with Crippen LogP contribution in [0.15, 0.2) is 0 Å². The normalized spacial score (nSPS) is 12.8. The second kappa shape index (κ2) is 8.06. The molecule has 0 aromatic heterocycles. The molecule has 0 bridgehead atoms. The van der Waals surface area contributed by atoms with E-state index in [0.717, 1.165) is 13.1 Å². The largest absolute Gasteiger partial charge is 0.389 e. The van der Waals surface area contributed by atoms with Crippen LogP contribution in [-0.4, -0.2) is 49.0 Å². The standard InChI is InChI=1S/C10H19NO2/c1-4-7-13-9-10(12)8-11(5-2)6-3/h1,10,12H,5-9H2,2-3H3/t10-/m1/s1. The molecule has 0 aliphatic rings. The highest BCUT2D eigenvalue weighted by Gasteiger charge is 2.08. The van der Waals surface area contributed by atoms with Crippen LogP contribution < -0.4 is 0 Å². The Morgan fingerprint density at radius 1 is 1.46 bits per heavy atom. The summed E-state index contributed by atoms with van der Waals surface area (Å²) in [6.45, 7) is 7.27. The molecular formula is C10H19NO2. The zero-order valence-electron chi connectivity index (χ0n) is 8.49. The van der Waals surface area contributed by atoms with Crippen molar-refractivity contribution >= 4 is 0 Å². The van der Waals surface area contributed by atoms with E-state index in [0.29, 0.717) is 13.2 Å². The Labute approximate surface area is 80.7 Å². The van der Waals surface area contributed by atoms with Crippen molar-refractivity contribution in [1.29, 1.82) is 0 Å². The average molecular weight is 185 g/mol. The molecule has 0 rings (SSSR count). The first-order valence-electron chi connectivity index (χ1n) is 4.66. The van der Waals surface area contributed by atoms with E-state index in [-0.39, 0.29) is 6.61 Å². The topological polar surface area (TPSA) is 32.7 Å². The van der Waals surface area contributed by atoms with Crippen molar-refractivity contribution in [1.82, 2.24) is 4.90 Å². The third kappa shape index (κ3) is 6.59. The van der Waals surface area contributed by atoms with Crippen LogP contribution in [0.5, 0.6) is 0 Å². The van der Waals surface area contributed by atoms with E-state index in [9.17, 15) is 5.11 Å². The van der Waals surface area contributed by atoms with Crippen molar-refractivity contribution < 1.29 is 9.84 Å². The van der Waals surface area contributed by atoms with Crippen LogP contribution in [0.2, 0.25) is 0 Å². The molecule has 0 heterocycles. The van der Waals surface area contributed by atoms with Crippen LogP contribution in [0, 0.1) is 12.3 Å². The third-order valence-electron chi connectivity index (χ3n) is 1.86. The Morgan fingerprint density at radius 3 is 2.54 bits per heavy atom. The number of rotatable bonds is 7. The van der Waals surface area contributed by atoms with Crippen molar-refractivity contribution in [3.8, 4) is 12.3 Å². The maximum Gasteiger partial charge on any atom is 0.107 e. The molecule has 76 valence electrons. The molecular weight excluding hydrogens is 166 g/mol. The first kappa shape index (κ1) is 12.4. The second-order valence-electron chi connectivity index (χ2n) is 2.86. The summed E-state index contributed by atoms with van der Waals surface area (Å²) < 4.78 is 5.02. The third-order valence-corrected chi connectivity index (χ3v) is 1.86. The van der Waals surface area contributed by atoms with Gasteiger partial charge in [-0.2, -0.15) is 0 Å². The SMILES string of the molecule is C#CCOC[C@H](O)CN(CC)CC. The lowest BCUT2D eigenvalue weighted by atomic mass is 10.3. The fraction of sp³-hybridized carbons (Fsp3) is 0.800. The van der Waals surface area contributed by atoms with Gasteiger partial charge in [-0.3, -0.25) is 0 Å². The van der Waals surface area contributed by atoms with Gasteiger partial charge >= 0.3 is 0 Å². The molecule has 0 saturated heterocycles. The Kier molecular flexibility index (Phi) is 7.71. The summed E-state index contributed by atoms with van der Waals surface area (Å²) >= 11 is 0. The first-order chi connectivity index (χ1) is 6.24. The maximum atomic E-state index is 9.47. The minimum atomic E-state index is -0.437. The number of nitrogens with zero attached hydrogens (tertiary/aromatic N) is 1. The molecule has 0 aromatic carbocycles. The van der Waals surface area contributed by atoms with E-state index in [1.54, 1.807) is 0 Å². The molecule has 0 spiro atoms. The Hall–Kier alpha value is -0.560. The molecule has 1 N–H and O–H groups in total. The van der Waals surface area contributed by atoms with E-state index < -0.39 is 6.10 Å². The fourth-order valence-corrected chi connectivity index (χ4v) is 1.09. The van der Waals surface area contributed by atoms with Crippen molar-refractivity contribution in [2.24, 2.45) is 0 Å². The number of aliphatic hydroxyl groups is 1. The van der Waals surface area contributed by atoms with Crippen LogP contribution >= 0.6 is 0 Å². The predicted octanol–water partition coefficient (Wildman–Crippen LogP) is 0.339. The van der Waals surface area contributed by atoms with Crippen molar-refractivity contribution in [2.45, 2.75) is 20.0 Å². The van der Waals surface area contributed by atoms with Crippen LogP contribution in [-0.2, 0) is 4.74 Å². The molecule has 0 unspecified atom stereocenters. The Morgan fingerprint density at radius 2 is 2.08 bits per heavy atom. The average Bonchev–Trinajstić information content (AvgIpc) is 2.14. The predicted molar refractivity (Wildman–Crippen MR) is 53.4 cm³/mol. The molecule has 13 heavy (non-hydrogen) atoms. The van der Waals surface area contributed by atoms with Crippen LogP contribution in [0.1, 0.15) is 13.8 Å². The monoisotopic (exact) mass is 185 g/mol. The number of hydrogen-bond donors (Lipinski definition) is 1. The lowest BCUT2D eigenvalue weighted by molar-refractivity contribution is 0.0298. The molecule has 0 aromatic rings. The summed E-state index contributed by atoms with van der Waals surface area (Å²) in [5, 5.41) is 9.47. The van der Waals surface area contributed by atoms with Gasteiger partial charge < -0.3 is 14.7 Å². The molecule has 0 saturated carbocycles. The van der Waals surface area contributed by atoms with E-state index in [4.69, 9.17) is 11.2 Å². The fourth-order valence-electron chi connectivity index (χ4n) is 1.09. The summed E-state index contributed by atoms with van der Waals surface area (Å²) in [5.41, 5.74) is 0. The number of aliphatic hydroxyl groups excluding tert-OH is 1. The Bertz CT molecular complexity index is 149. The van der Waals surface area contributed by atoms with E-state index >= 15 is 0 Å². The molecule has 0 fully saturated rings. The molecule has 1 atom stereocenters. The van der Waals surface area contributed by atoms with E-state index in [2.05, 4.69) is 24.7 Å². The number of likely N-dealkylation sites (N-methyl/N-ethyl adjacent to an activating group) is 1. The molecule has 0 radical (unpaired) electrons. The van der Waals surface area contributed by atoms with Gasteiger partial charge in [0.25, 0.3) is 0 Å². The van der Waals surface area contributed by atoms with Gasteiger partial charge in [0.1, 0.15) is 6.61 Å². The van der Waals surface area contributed by atoms with Crippen LogP contribution in [0.4, 0.5) is 0 Å². The van der Waals surface area contributed by atoms with Gasteiger partial charge in [0.15, 0.2) is 0 Å². The molecule has 3 heteroatoms. The minimum Gasteiger partial charge on any atom is -0.389 e. The van der Waals surface area contributed by atoms with Gasteiger partial charge in [-0.05, 0) is 13.1 Å². The van der Waals surface area contributed by atoms with E-state index in [1.807, 2.05) is 0 Å². The van der Waals surface area contributed by atoms with Gasteiger partial charge in [-0.25, -0.2) is 0 Å². The van der Waals surface area contributed by atoms with Crippen molar-refractivity contribution in [3.63, 3.8) is 0 Å². The van der Waals surface area contributed by atoms with Gasteiger partial charge in [0.2, 0.25) is 0 Å². The highest BCUT2D eigenvalue weighted by Crippen LogP contribution is 1.92. The zero-order valence-corrected chi connectivity index (χ0v) is 8.49. The lowest BCUT2D eigenvalue weighted by Crippen LogP contribution is -2.34. The lowest BCUT2D eigenvalue weighted by Gasteiger charge is -2.21. The summed E-state index contributed by atoms with van der Waals surface area (Å²) in [6, 6.07) is 0.